The zero-order valence-corrected chi connectivity index (χ0v) is 14.8. The maximum Gasteiger partial charge on any atom is 0.0359 e. The van der Waals surface area contributed by atoms with Crippen LogP contribution in [0.1, 0.15) is 20.8 Å². The van der Waals surface area contributed by atoms with Crippen LogP contribution in [-0.4, -0.2) is 109 Å². The first kappa shape index (κ1) is 16.6. The Hall–Kier alpha value is -0.240. The second kappa shape index (κ2) is 7.11. The number of hydrazine groups is 2. The molecule has 0 aromatic heterocycles. The van der Waals surface area contributed by atoms with Crippen molar-refractivity contribution in [2.45, 2.75) is 38.9 Å². The molecule has 0 amide bonds. The Morgan fingerprint density at radius 1 is 0.727 bits per heavy atom. The topological polar surface area (TPSA) is 28.2 Å². The number of rotatable bonds is 2. The van der Waals surface area contributed by atoms with E-state index in [2.05, 4.69) is 58.1 Å². The summed E-state index contributed by atoms with van der Waals surface area (Å²) in [6.45, 7) is 17.5. The van der Waals surface area contributed by atoms with Gasteiger partial charge in [0.25, 0.3) is 0 Å². The molecule has 0 aromatic rings. The Balaban J connectivity index is 1.55. The highest BCUT2D eigenvalue weighted by molar-refractivity contribution is 4.84. The molecule has 0 bridgehead atoms. The molecule has 1 N–H and O–H groups in total. The fraction of sp³-hybridized carbons (Fsp3) is 1.00. The molecule has 0 spiro atoms. The molecular formula is C16H34N6. The van der Waals surface area contributed by atoms with E-state index in [1.165, 1.54) is 19.6 Å². The summed E-state index contributed by atoms with van der Waals surface area (Å²) in [7, 11) is 2.24. The molecule has 6 heteroatoms. The lowest BCUT2D eigenvalue weighted by Gasteiger charge is -2.52. The first-order chi connectivity index (χ1) is 10.5. The summed E-state index contributed by atoms with van der Waals surface area (Å²) in [5.41, 5.74) is 0. The van der Waals surface area contributed by atoms with Crippen LogP contribution in [0.25, 0.3) is 0 Å². The van der Waals surface area contributed by atoms with E-state index in [0.717, 1.165) is 39.3 Å². The van der Waals surface area contributed by atoms with Crippen LogP contribution < -0.4 is 5.32 Å². The molecule has 6 nitrogen and oxygen atoms in total. The average molecular weight is 310 g/mol. The molecule has 128 valence electrons. The van der Waals surface area contributed by atoms with Gasteiger partial charge in [0.05, 0.1) is 0 Å². The molecule has 0 radical (unpaired) electrons. The van der Waals surface area contributed by atoms with E-state index < -0.39 is 0 Å². The molecule has 22 heavy (non-hydrogen) atoms. The lowest BCUT2D eigenvalue weighted by atomic mass is 10.2. The Morgan fingerprint density at radius 2 is 1.36 bits per heavy atom. The zero-order valence-electron chi connectivity index (χ0n) is 14.8. The normalized spacial score (nSPS) is 38.5. The second-order valence-corrected chi connectivity index (χ2v) is 7.47. The first-order valence-corrected chi connectivity index (χ1v) is 8.99. The number of nitrogens with one attached hydrogen (secondary N) is 1. The Kier molecular flexibility index (Phi) is 5.37. The van der Waals surface area contributed by atoms with Crippen LogP contribution in [0, 0.1) is 0 Å². The fourth-order valence-electron chi connectivity index (χ4n) is 4.28. The molecular weight excluding hydrogens is 276 g/mol. The lowest BCUT2D eigenvalue weighted by Crippen LogP contribution is -2.67. The van der Waals surface area contributed by atoms with E-state index in [1.54, 1.807) is 0 Å². The van der Waals surface area contributed by atoms with Gasteiger partial charge < -0.3 is 10.2 Å². The van der Waals surface area contributed by atoms with Crippen molar-refractivity contribution >= 4 is 0 Å². The number of likely N-dealkylation sites (N-methyl/N-ethyl adjacent to an activating group) is 1. The Labute approximate surface area is 135 Å². The highest BCUT2D eigenvalue weighted by atomic mass is 15.7. The van der Waals surface area contributed by atoms with Gasteiger partial charge in [0.15, 0.2) is 0 Å². The van der Waals surface area contributed by atoms with Gasteiger partial charge in [-0.05, 0) is 27.8 Å². The van der Waals surface area contributed by atoms with E-state index in [1.807, 2.05) is 0 Å². The quantitative estimate of drug-likeness (QED) is 0.756. The van der Waals surface area contributed by atoms with Gasteiger partial charge in [-0.2, -0.15) is 0 Å². The SMILES string of the molecule is CC1CN(C)CCN1N1CCN(N2CCN[C@H](C)C2)[C@@H](C)C1. The van der Waals surface area contributed by atoms with Crippen LogP contribution in [0.5, 0.6) is 0 Å². The van der Waals surface area contributed by atoms with Gasteiger partial charge in [-0.1, -0.05) is 0 Å². The maximum absolute atomic E-state index is 3.54. The number of hydrogen-bond donors (Lipinski definition) is 1. The van der Waals surface area contributed by atoms with Crippen molar-refractivity contribution < 1.29 is 0 Å². The molecule has 0 aromatic carbocycles. The lowest BCUT2D eigenvalue weighted by molar-refractivity contribution is -0.165. The summed E-state index contributed by atoms with van der Waals surface area (Å²) in [5, 5.41) is 14.0. The van der Waals surface area contributed by atoms with E-state index >= 15 is 0 Å². The third-order valence-corrected chi connectivity index (χ3v) is 5.44. The molecule has 3 fully saturated rings. The molecule has 3 atom stereocenters. The monoisotopic (exact) mass is 310 g/mol. The summed E-state index contributed by atoms with van der Waals surface area (Å²) < 4.78 is 0. The van der Waals surface area contributed by atoms with Crippen molar-refractivity contribution in [3.05, 3.63) is 0 Å². The van der Waals surface area contributed by atoms with Gasteiger partial charge in [0.2, 0.25) is 0 Å². The minimum Gasteiger partial charge on any atom is -0.312 e. The molecule has 3 aliphatic heterocycles. The summed E-state index contributed by atoms with van der Waals surface area (Å²) in [6.07, 6.45) is 0. The third-order valence-electron chi connectivity index (χ3n) is 5.44. The van der Waals surface area contributed by atoms with Gasteiger partial charge in [0.1, 0.15) is 0 Å². The fourth-order valence-corrected chi connectivity index (χ4v) is 4.28. The van der Waals surface area contributed by atoms with Crippen molar-refractivity contribution in [2.24, 2.45) is 0 Å². The Bertz CT molecular complexity index is 365. The Morgan fingerprint density at radius 3 is 2.00 bits per heavy atom. The molecule has 3 rings (SSSR count). The largest absolute Gasteiger partial charge is 0.312 e. The molecule has 1 unspecified atom stereocenters. The highest BCUT2D eigenvalue weighted by Crippen LogP contribution is 2.19. The van der Waals surface area contributed by atoms with Gasteiger partial charge in [-0.15, -0.1) is 0 Å². The first-order valence-electron chi connectivity index (χ1n) is 8.99. The summed E-state index contributed by atoms with van der Waals surface area (Å²) >= 11 is 0. The summed E-state index contributed by atoms with van der Waals surface area (Å²) in [6, 6.07) is 1.85. The van der Waals surface area contributed by atoms with Crippen molar-refractivity contribution in [3.63, 3.8) is 0 Å². The number of piperazine rings is 3. The second-order valence-electron chi connectivity index (χ2n) is 7.47. The van der Waals surface area contributed by atoms with Crippen LogP contribution in [-0.2, 0) is 0 Å². The van der Waals surface area contributed by atoms with Crippen LogP contribution >= 0.6 is 0 Å². The number of hydrogen-bond acceptors (Lipinski definition) is 6. The average Bonchev–Trinajstić information content (AvgIpc) is 2.47. The minimum absolute atomic E-state index is 0.603. The summed E-state index contributed by atoms with van der Waals surface area (Å²) in [4.78, 5) is 2.45. The summed E-state index contributed by atoms with van der Waals surface area (Å²) in [5.74, 6) is 0. The predicted octanol–water partition coefficient (Wildman–Crippen LogP) is -0.248. The molecule has 0 saturated carbocycles. The standard InChI is InChI=1S/C16H34N6/c1-14-11-19(6-5-17-14)22-10-8-20(13-16(22)3)21-9-7-18(4)12-15(21)2/h14-17H,5-13H2,1-4H3/t14-,15?,16+/m1/s1. The third kappa shape index (κ3) is 3.63. The van der Waals surface area contributed by atoms with Crippen LogP contribution in [0.15, 0.2) is 0 Å². The molecule has 3 heterocycles. The van der Waals surface area contributed by atoms with E-state index in [9.17, 15) is 0 Å². The van der Waals surface area contributed by atoms with Crippen molar-refractivity contribution in [1.29, 1.82) is 0 Å². The predicted molar refractivity (Wildman–Crippen MR) is 90.4 cm³/mol. The van der Waals surface area contributed by atoms with Gasteiger partial charge >= 0.3 is 0 Å². The van der Waals surface area contributed by atoms with Gasteiger partial charge in [-0.25, -0.2) is 20.0 Å². The van der Waals surface area contributed by atoms with Crippen LogP contribution in [0.4, 0.5) is 0 Å². The van der Waals surface area contributed by atoms with Crippen molar-refractivity contribution in [3.8, 4) is 0 Å². The van der Waals surface area contributed by atoms with Crippen LogP contribution in [0.3, 0.4) is 0 Å². The molecule has 3 aliphatic rings. The number of nitrogens with zero attached hydrogens (tertiary/aromatic N) is 5. The highest BCUT2D eigenvalue weighted by Gasteiger charge is 2.34. The van der Waals surface area contributed by atoms with Crippen molar-refractivity contribution in [2.75, 3.05) is 66.0 Å². The van der Waals surface area contributed by atoms with E-state index in [0.29, 0.717) is 18.1 Å². The van der Waals surface area contributed by atoms with Crippen molar-refractivity contribution in [1.82, 2.24) is 30.3 Å². The van der Waals surface area contributed by atoms with E-state index in [4.69, 9.17) is 0 Å². The molecule has 0 aliphatic carbocycles. The van der Waals surface area contributed by atoms with E-state index in [-0.39, 0.29) is 0 Å². The van der Waals surface area contributed by atoms with Gasteiger partial charge in [0, 0.05) is 77.0 Å². The minimum atomic E-state index is 0.603. The maximum atomic E-state index is 3.54. The smallest absolute Gasteiger partial charge is 0.0359 e. The zero-order chi connectivity index (χ0) is 15.7. The van der Waals surface area contributed by atoms with Gasteiger partial charge in [-0.3, -0.25) is 0 Å². The molecule has 3 saturated heterocycles. The van der Waals surface area contributed by atoms with Crippen LogP contribution in [0.2, 0.25) is 0 Å².